The Morgan fingerprint density at radius 2 is 1.71 bits per heavy atom. The molecule has 0 aliphatic carbocycles. The second kappa shape index (κ2) is 5.94. The van der Waals surface area contributed by atoms with Crippen molar-refractivity contribution in [3.63, 3.8) is 0 Å². The van der Waals surface area contributed by atoms with Crippen LogP contribution in [0.1, 0.15) is 22.9 Å². The summed E-state index contributed by atoms with van der Waals surface area (Å²) in [6.07, 6.45) is 1.74. The highest BCUT2D eigenvalue weighted by Crippen LogP contribution is 2.22. The predicted molar refractivity (Wildman–Crippen MR) is 83.4 cm³/mol. The maximum atomic E-state index is 10.6. The van der Waals surface area contributed by atoms with Gasteiger partial charge < -0.3 is 5.11 Å². The average molecular weight is 278 g/mol. The van der Waals surface area contributed by atoms with Crippen LogP contribution in [0.2, 0.25) is 0 Å². The van der Waals surface area contributed by atoms with Crippen molar-refractivity contribution in [2.45, 2.75) is 19.4 Å². The number of aliphatic hydroxyl groups is 1. The number of rotatable bonds is 4. The highest BCUT2D eigenvalue weighted by atomic mass is 16.3. The molecule has 1 atom stereocenters. The van der Waals surface area contributed by atoms with Crippen LogP contribution in [-0.4, -0.2) is 14.9 Å². The molecule has 0 saturated heterocycles. The lowest BCUT2D eigenvalue weighted by molar-refractivity contribution is 0.170. The van der Waals surface area contributed by atoms with Crippen molar-refractivity contribution in [2.24, 2.45) is 0 Å². The summed E-state index contributed by atoms with van der Waals surface area (Å²) in [5, 5.41) is 14.9. The molecule has 0 bridgehead atoms. The van der Waals surface area contributed by atoms with E-state index < -0.39 is 6.10 Å². The first kappa shape index (κ1) is 13.6. The Morgan fingerprint density at radius 3 is 2.48 bits per heavy atom. The van der Waals surface area contributed by atoms with E-state index in [9.17, 15) is 5.11 Å². The topological polar surface area (TPSA) is 38.1 Å². The lowest BCUT2D eigenvalue weighted by atomic mass is 10.0. The summed E-state index contributed by atoms with van der Waals surface area (Å²) in [7, 11) is 0. The number of benzene rings is 2. The zero-order chi connectivity index (χ0) is 14.7. The maximum Gasteiger partial charge on any atom is 0.100 e. The Hall–Kier alpha value is -2.39. The minimum absolute atomic E-state index is 0.575. The van der Waals surface area contributed by atoms with Gasteiger partial charge >= 0.3 is 0 Å². The molecular formula is C18H18N2O. The highest BCUT2D eigenvalue weighted by molar-refractivity contribution is 5.34. The SMILES string of the molecule is Cc1ccccc1CC(O)c1ccnn1-c1ccccc1. The van der Waals surface area contributed by atoms with Crippen molar-refractivity contribution in [3.05, 3.63) is 83.7 Å². The quantitative estimate of drug-likeness (QED) is 0.793. The summed E-state index contributed by atoms with van der Waals surface area (Å²) >= 11 is 0. The minimum atomic E-state index is -0.575. The first-order valence-electron chi connectivity index (χ1n) is 7.07. The monoisotopic (exact) mass is 278 g/mol. The van der Waals surface area contributed by atoms with Crippen molar-refractivity contribution in [1.82, 2.24) is 9.78 Å². The van der Waals surface area contributed by atoms with Crippen LogP contribution in [0.3, 0.4) is 0 Å². The van der Waals surface area contributed by atoms with E-state index in [2.05, 4.69) is 24.2 Å². The van der Waals surface area contributed by atoms with Gasteiger partial charge in [-0.1, -0.05) is 42.5 Å². The number of para-hydroxylation sites is 1. The van der Waals surface area contributed by atoms with E-state index in [1.54, 1.807) is 10.9 Å². The fourth-order valence-corrected chi connectivity index (χ4v) is 2.50. The summed E-state index contributed by atoms with van der Waals surface area (Å²) in [6, 6.07) is 19.9. The summed E-state index contributed by atoms with van der Waals surface area (Å²) in [5.41, 5.74) is 4.12. The van der Waals surface area contributed by atoms with Gasteiger partial charge in [-0.15, -0.1) is 0 Å². The van der Waals surface area contributed by atoms with Gasteiger partial charge in [0.05, 0.1) is 11.4 Å². The molecule has 1 heterocycles. The fraction of sp³-hybridized carbons (Fsp3) is 0.167. The van der Waals surface area contributed by atoms with Crippen molar-refractivity contribution in [1.29, 1.82) is 0 Å². The molecule has 0 aliphatic heterocycles. The van der Waals surface area contributed by atoms with Crippen molar-refractivity contribution < 1.29 is 5.11 Å². The molecule has 0 fully saturated rings. The summed E-state index contributed by atoms with van der Waals surface area (Å²) in [6.45, 7) is 2.07. The summed E-state index contributed by atoms with van der Waals surface area (Å²) in [4.78, 5) is 0. The summed E-state index contributed by atoms with van der Waals surface area (Å²) < 4.78 is 1.79. The molecular weight excluding hydrogens is 260 g/mol. The Bertz CT molecular complexity index is 719. The standard InChI is InChI=1S/C18H18N2O/c1-14-7-5-6-8-15(14)13-18(21)17-11-12-19-20(17)16-9-3-2-4-10-16/h2-12,18,21H,13H2,1H3. The third kappa shape index (κ3) is 2.88. The maximum absolute atomic E-state index is 10.6. The molecule has 1 N–H and O–H groups in total. The van der Waals surface area contributed by atoms with Crippen LogP contribution < -0.4 is 0 Å². The number of hydrogen-bond donors (Lipinski definition) is 1. The molecule has 1 unspecified atom stereocenters. The molecule has 0 aliphatic rings. The number of aromatic nitrogens is 2. The Labute approximate surface area is 124 Å². The smallest absolute Gasteiger partial charge is 0.100 e. The lowest BCUT2D eigenvalue weighted by Crippen LogP contribution is -2.10. The third-order valence-electron chi connectivity index (χ3n) is 3.69. The molecule has 0 spiro atoms. The zero-order valence-corrected chi connectivity index (χ0v) is 12.0. The van der Waals surface area contributed by atoms with E-state index in [1.807, 2.05) is 48.5 Å². The van der Waals surface area contributed by atoms with Crippen molar-refractivity contribution >= 4 is 0 Å². The number of aliphatic hydroxyl groups excluding tert-OH is 1. The van der Waals surface area contributed by atoms with Gasteiger partial charge in [0.15, 0.2) is 0 Å². The molecule has 1 aromatic heterocycles. The number of aryl methyl sites for hydroxylation is 1. The molecule has 3 rings (SSSR count). The molecule has 3 nitrogen and oxygen atoms in total. The molecule has 0 radical (unpaired) electrons. The Kier molecular flexibility index (Phi) is 3.84. The van der Waals surface area contributed by atoms with Gasteiger partial charge in [0.2, 0.25) is 0 Å². The van der Waals surface area contributed by atoms with E-state index in [1.165, 1.54) is 5.56 Å². The molecule has 3 heteroatoms. The Morgan fingerprint density at radius 1 is 1.00 bits per heavy atom. The normalized spacial score (nSPS) is 12.3. The molecule has 2 aromatic carbocycles. The van der Waals surface area contributed by atoms with Gasteiger partial charge in [0.25, 0.3) is 0 Å². The minimum Gasteiger partial charge on any atom is -0.386 e. The van der Waals surface area contributed by atoms with E-state index in [0.29, 0.717) is 6.42 Å². The zero-order valence-electron chi connectivity index (χ0n) is 12.0. The number of nitrogens with zero attached hydrogens (tertiary/aromatic N) is 2. The number of hydrogen-bond acceptors (Lipinski definition) is 2. The molecule has 21 heavy (non-hydrogen) atoms. The van der Waals surface area contributed by atoms with Gasteiger partial charge in [0.1, 0.15) is 6.10 Å². The van der Waals surface area contributed by atoms with E-state index >= 15 is 0 Å². The highest BCUT2D eigenvalue weighted by Gasteiger charge is 2.15. The van der Waals surface area contributed by atoms with Crippen LogP contribution >= 0.6 is 0 Å². The van der Waals surface area contributed by atoms with Crippen LogP contribution in [0.25, 0.3) is 5.69 Å². The van der Waals surface area contributed by atoms with Crippen LogP contribution in [0.15, 0.2) is 66.9 Å². The predicted octanol–water partition coefficient (Wildman–Crippen LogP) is 3.46. The Balaban J connectivity index is 1.88. The van der Waals surface area contributed by atoms with Gasteiger partial charge in [-0.25, -0.2) is 4.68 Å². The van der Waals surface area contributed by atoms with E-state index in [0.717, 1.165) is 16.9 Å². The van der Waals surface area contributed by atoms with Crippen LogP contribution in [-0.2, 0) is 6.42 Å². The summed E-state index contributed by atoms with van der Waals surface area (Å²) in [5.74, 6) is 0. The first-order chi connectivity index (χ1) is 10.3. The van der Waals surface area contributed by atoms with Gasteiger partial charge in [-0.05, 0) is 36.2 Å². The molecule has 0 saturated carbocycles. The van der Waals surface area contributed by atoms with Gasteiger partial charge in [-0.2, -0.15) is 5.10 Å². The van der Waals surface area contributed by atoms with Crippen LogP contribution in [0.4, 0.5) is 0 Å². The van der Waals surface area contributed by atoms with E-state index in [-0.39, 0.29) is 0 Å². The van der Waals surface area contributed by atoms with Crippen LogP contribution in [0.5, 0.6) is 0 Å². The van der Waals surface area contributed by atoms with Crippen molar-refractivity contribution in [3.8, 4) is 5.69 Å². The van der Waals surface area contributed by atoms with Crippen LogP contribution in [0, 0.1) is 6.92 Å². The van der Waals surface area contributed by atoms with Crippen molar-refractivity contribution in [2.75, 3.05) is 0 Å². The fourth-order valence-electron chi connectivity index (χ4n) is 2.50. The lowest BCUT2D eigenvalue weighted by Gasteiger charge is -2.14. The third-order valence-corrected chi connectivity index (χ3v) is 3.69. The van der Waals surface area contributed by atoms with Gasteiger partial charge in [-0.3, -0.25) is 0 Å². The second-order valence-electron chi connectivity index (χ2n) is 5.15. The van der Waals surface area contributed by atoms with E-state index in [4.69, 9.17) is 0 Å². The largest absolute Gasteiger partial charge is 0.386 e. The average Bonchev–Trinajstić information content (AvgIpc) is 3.00. The molecule has 0 amide bonds. The second-order valence-corrected chi connectivity index (χ2v) is 5.15. The van der Waals surface area contributed by atoms with Gasteiger partial charge in [0, 0.05) is 12.6 Å². The molecule has 106 valence electrons. The molecule has 3 aromatic rings. The first-order valence-corrected chi connectivity index (χ1v) is 7.07.